The number of benzene rings is 2. The summed E-state index contributed by atoms with van der Waals surface area (Å²) in [5.74, 6) is 1.05. The lowest BCUT2D eigenvalue weighted by atomic mass is 9.96. The topological polar surface area (TPSA) is 21.3 Å². The fraction of sp³-hybridized carbons (Fsp3) is 0.333. The Hall–Kier alpha value is -1.80. The highest BCUT2D eigenvalue weighted by molar-refractivity contribution is 5.41. The van der Waals surface area contributed by atoms with Crippen LogP contribution >= 0.6 is 0 Å². The molecule has 0 spiro atoms. The molecule has 0 amide bonds. The molecule has 2 heteroatoms. The molecule has 0 radical (unpaired) electrons. The van der Waals surface area contributed by atoms with Gasteiger partial charge in [-0.25, -0.2) is 0 Å². The second-order valence-corrected chi connectivity index (χ2v) is 5.50. The Bertz CT molecular complexity index is 589. The van der Waals surface area contributed by atoms with Crippen LogP contribution in [0, 0.1) is 6.92 Å². The van der Waals surface area contributed by atoms with E-state index in [0.717, 1.165) is 25.2 Å². The van der Waals surface area contributed by atoms with Gasteiger partial charge in [0.2, 0.25) is 0 Å². The molecule has 1 atom stereocenters. The van der Waals surface area contributed by atoms with Crippen LogP contribution in [0.5, 0.6) is 5.75 Å². The fourth-order valence-electron chi connectivity index (χ4n) is 2.77. The van der Waals surface area contributed by atoms with Gasteiger partial charge in [0.1, 0.15) is 5.75 Å². The Morgan fingerprint density at radius 2 is 1.95 bits per heavy atom. The van der Waals surface area contributed by atoms with Crippen LogP contribution in [0.4, 0.5) is 0 Å². The Morgan fingerprint density at radius 3 is 2.70 bits per heavy atom. The number of rotatable bonds is 4. The monoisotopic (exact) mass is 267 g/mol. The van der Waals surface area contributed by atoms with Crippen LogP contribution in [0.15, 0.2) is 42.5 Å². The molecule has 1 aliphatic rings. The quantitative estimate of drug-likeness (QED) is 0.916. The van der Waals surface area contributed by atoms with E-state index in [0.29, 0.717) is 6.04 Å². The average Bonchev–Trinajstić information content (AvgIpc) is 2.94. The van der Waals surface area contributed by atoms with Crippen LogP contribution in [-0.4, -0.2) is 13.7 Å². The number of likely N-dealkylation sites (N-methyl/N-ethyl adjacent to an activating group) is 1. The smallest absolute Gasteiger partial charge is 0.122 e. The Labute approximate surface area is 120 Å². The molecule has 0 fully saturated rings. The van der Waals surface area contributed by atoms with Crippen molar-refractivity contribution in [1.29, 1.82) is 0 Å². The van der Waals surface area contributed by atoms with Gasteiger partial charge in [-0.05, 0) is 43.1 Å². The fourth-order valence-corrected chi connectivity index (χ4v) is 2.77. The highest BCUT2D eigenvalue weighted by Gasteiger charge is 2.16. The first kappa shape index (κ1) is 13.2. The third-order valence-electron chi connectivity index (χ3n) is 4.02. The second kappa shape index (κ2) is 5.68. The normalized spacial score (nSPS) is 14.7. The maximum absolute atomic E-state index is 5.58. The predicted molar refractivity (Wildman–Crippen MR) is 82.3 cm³/mol. The largest absolute Gasteiger partial charge is 0.493 e. The molecule has 1 heterocycles. The Morgan fingerprint density at radius 1 is 1.15 bits per heavy atom. The van der Waals surface area contributed by atoms with E-state index in [1.807, 2.05) is 7.05 Å². The molecule has 1 N–H and O–H groups in total. The van der Waals surface area contributed by atoms with Crippen LogP contribution in [0.25, 0.3) is 0 Å². The van der Waals surface area contributed by atoms with E-state index in [9.17, 15) is 0 Å². The van der Waals surface area contributed by atoms with Crippen LogP contribution in [-0.2, 0) is 12.8 Å². The molecule has 0 aromatic heterocycles. The minimum absolute atomic E-state index is 0.351. The molecule has 0 bridgehead atoms. The maximum Gasteiger partial charge on any atom is 0.122 e. The van der Waals surface area contributed by atoms with Crippen LogP contribution < -0.4 is 10.1 Å². The number of hydrogen-bond donors (Lipinski definition) is 1. The summed E-state index contributed by atoms with van der Waals surface area (Å²) in [6, 6.07) is 15.7. The summed E-state index contributed by atoms with van der Waals surface area (Å²) in [5.41, 5.74) is 5.36. The zero-order valence-electron chi connectivity index (χ0n) is 12.1. The third kappa shape index (κ3) is 2.70. The van der Waals surface area contributed by atoms with Gasteiger partial charge < -0.3 is 10.1 Å². The van der Waals surface area contributed by atoms with E-state index >= 15 is 0 Å². The maximum atomic E-state index is 5.58. The zero-order chi connectivity index (χ0) is 13.9. The van der Waals surface area contributed by atoms with Crippen LogP contribution in [0.2, 0.25) is 0 Å². The van der Waals surface area contributed by atoms with E-state index in [1.165, 1.54) is 22.3 Å². The van der Waals surface area contributed by atoms with E-state index in [2.05, 4.69) is 54.7 Å². The van der Waals surface area contributed by atoms with Crippen molar-refractivity contribution in [3.05, 3.63) is 64.7 Å². The molecule has 104 valence electrons. The van der Waals surface area contributed by atoms with Crippen LogP contribution in [0.1, 0.15) is 28.3 Å². The minimum atomic E-state index is 0.351. The SMILES string of the molecule is CNC(Cc1ccc(C)cc1)c1ccc2c(c1)CCO2. The number of hydrogen-bond acceptors (Lipinski definition) is 2. The molecule has 2 nitrogen and oxygen atoms in total. The molecule has 2 aromatic rings. The standard InChI is InChI=1S/C18H21NO/c1-13-3-5-14(6-4-13)11-17(19-2)15-7-8-18-16(12-15)9-10-20-18/h3-8,12,17,19H,9-11H2,1-2H3. The highest BCUT2D eigenvalue weighted by Crippen LogP contribution is 2.29. The first-order valence-corrected chi connectivity index (χ1v) is 7.24. The molecule has 1 aliphatic heterocycles. The molecular weight excluding hydrogens is 246 g/mol. The summed E-state index contributed by atoms with van der Waals surface area (Å²) in [7, 11) is 2.03. The predicted octanol–water partition coefficient (Wildman–Crippen LogP) is 3.43. The highest BCUT2D eigenvalue weighted by atomic mass is 16.5. The first-order chi connectivity index (χ1) is 9.76. The lowest BCUT2D eigenvalue weighted by Gasteiger charge is -2.18. The van der Waals surface area contributed by atoms with E-state index < -0.39 is 0 Å². The summed E-state index contributed by atoms with van der Waals surface area (Å²) >= 11 is 0. The summed E-state index contributed by atoms with van der Waals surface area (Å²) in [6.45, 7) is 2.95. The number of aryl methyl sites for hydroxylation is 1. The molecular formula is C18H21NO. The van der Waals surface area contributed by atoms with Crippen molar-refractivity contribution in [2.75, 3.05) is 13.7 Å². The summed E-state index contributed by atoms with van der Waals surface area (Å²) in [5, 5.41) is 3.43. The summed E-state index contributed by atoms with van der Waals surface area (Å²) in [4.78, 5) is 0. The lowest BCUT2D eigenvalue weighted by Crippen LogP contribution is -2.18. The van der Waals surface area contributed by atoms with Crippen molar-refractivity contribution in [1.82, 2.24) is 5.32 Å². The molecule has 20 heavy (non-hydrogen) atoms. The van der Waals surface area contributed by atoms with Gasteiger partial charge in [0, 0.05) is 12.5 Å². The molecule has 0 saturated carbocycles. The van der Waals surface area contributed by atoms with Gasteiger partial charge in [-0.3, -0.25) is 0 Å². The van der Waals surface area contributed by atoms with Crippen molar-refractivity contribution < 1.29 is 4.74 Å². The number of ether oxygens (including phenoxy) is 1. The van der Waals surface area contributed by atoms with E-state index in [1.54, 1.807) is 0 Å². The molecule has 0 aliphatic carbocycles. The number of fused-ring (bicyclic) bond motifs is 1. The minimum Gasteiger partial charge on any atom is -0.493 e. The Kier molecular flexibility index (Phi) is 3.75. The molecule has 0 saturated heterocycles. The van der Waals surface area contributed by atoms with Crippen molar-refractivity contribution in [3.63, 3.8) is 0 Å². The van der Waals surface area contributed by atoms with Gasteiger partial charge in [0.15, 0.2) is 0 Å². The van der Waals surface area contributed by atoms with Crippen LogP contribution in [0.3, 0.4) is 0 Å². The first-order valence-electron chi connectivity index (χ1n) is 7.24. The van der Waals surface area contributed by atoms with Gasteiger partial charge in [-0.15, -0.1) is 0 Å². The van der Waals surface area contributed by atoms with Crippen molar-refractivity contribution in [2.45, 2.75) is 25.8 Å². The van der Waals surface area contributed by atoms with E-state index in [4.69, 9.17) is 4.74 Å². The molecule has 3 rings (SSSR count). The van der Waals surface area contributed by atoms with Crippen molar-refractivity contribution >= 4 is 0 Å². The summed E-state index contributed by atoms with van der Waals surface area (Å²) < 4.78 is 5.58. The third-order valence-corrected chi connectivity index (χ3v) is 4.02. The van der Waals surface area contributed by atoms with Gasteiger partial charge in [-0.2, -0.15) is 0 Å². The van der Waals surface area contributed by atoms with E-state index in [-0.39, 0.29) is 0 Å². The van der Waals surface area contributed by atoms with Gasteiger partial charge in [0.25, 0.3) is 0 Å². The Balaban J connectivity index is 1.81. The van der Waals surface area contributed by atoms with Crippen molar-refractivity contribution in [3.8, 4) is 5.75 Å². The second-order valence-electron chi connectivity index (χ2n) is 5.50. The van der Waals surface area contributed by atoms with Gasteiger partial charge in [0.05, 0.1) is 6.61 Å². The zero-order valence-corrected chi connectivity index (χ0v) is 12.1. The number of nitrogens with one attached hydrogen (secondary N) is 1. The van der Waals surface area contributed by atoms with Crippen molar-refractivity contribution in [2.24, 2.45) is 0 Å². The van der Waals surface area contributed by atoms with Gasteiger partial charge >= 0.3 is 0 Å². The molecule has 1 unspecified atom stereocenters. The average molecular weight is 267 g/mol. The summed E-state index contributed by atoms with van der Waals surface area (Å²) in [6.07, 6.45) is 2.04. The van der Waals surface area contributed by atoms with Gasteiger partial charge in [-0.1, -0.05) is 42.0 Å². The molecule has 2 aromatic carbocycles. The lowest BCUT2D eigenvalue weighted by molar-refractivity contribution is 0.356.